The number of nitrogens with zero attached hydrogens (tertiary/aromatic N) is 1. The molecule has 25 nitrogen and oxygen atoms in total. The lowest BCUT2D eigenvalue weighted by molar-refractivity contribution is -0.164. The first-order chi connectivity index (χ1) is 48.3. The van der Waals surface area contributed by atoms with Gasteiger partial charge in [0.2, 0.25) is 5.91 Å². The molecule has 25 heteroatoms. The maximum Gasteiger partial charge on any atom is 0.255 e. The maximum atomic E-state index is 14.8. The number of allylic oxidation sites excluding steroid dienone is 3. The van der Waals surface area contributed by atoms with Crippen LogP contribution in [0.2, 0.25) is 0 Å². The summed E-state index contributed by atoms with van der Waals surface area (Å²) in [6, 6.07) is -1.67. The number of aliphatic hydroxyl groups excluding tert-OH is 4. The molecule has 5 N–H and O–H groups in total. The van der Waals surface area contributed by atoms with Gasteiger partial charge in [-0.3, -0.25) is 9.59 Å². The molecule has 0 aromatic carbocycles. The number of hydrogen-bond acceptors (Lipinski definition) is 23. The summed E-state index contributed by atoms with van der Waals surface area (Å²) >= 11 is 0. The Kier molecular flexibility index (Phi) is 47.0. The first-order valence-electron chi connectivity index (χ1n) is 37.7. The van der Waals surface area contributed by atoms with Gasteiger partial charge in [0.1, 0.15) is 18.2 Å². The monoisotopic (exact) mass is 1420 g/mol. The molecule has 12 atom stereocenters. The number of ether oxygens (including phenoxy) is 17. The van der Waals surface area contributed by atoms with Gasteiger partial charge in [-0.25, -0.2) is 0 Å². The van der Waals surface area contributed by atoms with Crippen molar-refractivity contribution < 1.29 is 111 Å². The first kappa shape index (κ1) is 87.2. The fourth-order valence-corrected chi connectivity index (χ4v) is 15.2. The molecular weight excluding hydrogens is 1280 g/mol. The van der Waals surface area contributed by atoms with Crippen LogP contribution in [-0.4, -0.2) is 299 Å². The summed E-state index contributed by atoms with van der Waals surface area (Å²) in [5, 5.41) is 45.7. The predicted octanol–water partition coefficient (Wildman–Crippen LogP) is 6.15. The highest BCUT2D eigenvalue weighted by Crippen LogP contribution is 2.67. The normalized spacial score (nSPS) is 23.8. The molecule has 3 fully saturated rings. The second-order valence-electron chi connectivity index (χ2n) is 27.9. The van der Waals surface area contributed by atoms with Gasteiger partial charge in [-0.1, -0.05) is 71.6 Å². The van der Waals surface area contributed by atoms with E-state index in [1.165, 1.54) is 55.4 Å². The summed E-state index contributed by atoms with van der Waals surface area (Å²) in [5.41, 5.74) is 2.36. The van der Waals surface area contributed by atoms with Crippen LogP contribution in [0.15, 0.2) is 23.4 Å². The predicted molar refractivity (Wildman–Crippen MR) is 372 cm³/mol. The second-order valence-corrected chi connectivity index (χ2v) is 27.9. The van der Waals surface area contributed by atoms with Crippen LogP contribution in [0, 0.1) is 46.3 Å². The molecule has 5 aliphatic rings. The highest BCUT2D eigenvalue weighted by molar-refractivity contribution is 5.91. The Morgan fingerprint density at radius 2 is 0.970 bits per heavy atom. The molecule has 578 valence electrons. The Balaban J connectivity index is 0.853. The summed E-state index contributed by atoms with van der Waals surface area (Å²) < 4.78 is 94.4. The van der Waals surface area contributed by atoms with Crippen LogP contribution in [-0.2, 0) is 90.1 Å². The van der Waals surface area contributed by atoms with E-state index in [1.807, 2.05) is 6.08 Å². The zero-order valence-electron chi connectivity index (χ0n) is 61.6. The number of hydrogen-bond donors (Lipinski definition) is 5. The van der Waals surface area contributed by atoms with E-state index in [2.05, 4.69) is 46.0 Å². The third-order valence-electron chi connectivity index (χ3n) is 20.6. The van der Waals surface area contributed by atoms with Crippen molar-refractivity contribution in [3.8, 4) is 0 Å². The quantitative estimate of drug-likeness (QED) is 0.0337. The number of carbonyl (C=O) groups is 2. The van der Waals surface area contributed by atoms with E-state index in [0.29, 0.717) is 241 Å². The average molecular weight is 1420 g/mol. The van der Waals surface area contributed by atoms with Gasteiger partial charge in [0.25, 0.3) is 5.91 Å². The third-order valence-corrected chi connectivity index (χ3v) is 20.6. The number of aliphatic hydroxyl groups is 4. The van der Waals surface area contributed by atoms with Crippen LogP contribution in [0.1, 0.15) is 131 Å². The molecule has 0 aromatic heterocycles. The molecule has 0 aromatic rings. The molecule has 3 saturated carbocycles. The SMILES string of the molecule is COCCOCCOCCOCCOCCOCCOCCOCCOCCOCCOCCOCCOCCOCCOCCOCCOCC(C(=O)NC1=CCCCC1)N(C(=O)[C@@H](O)[C@H](O)[C@H](O)CO)C1CC[C@@]2(C)C(=CC[C@H]3[C@@H]4CC[C@H]([C@H](C)CCCC(C)C)[C@@]4(C)CC[C@@H]32)C1. The largest absolute Gasteiger partial charge is 0.394 e. The molecule has 0 aliphatic heterocycles. The second kappa shape index (κ2) is 53.4. The topological polar surface area (TPSA) is 287 Å². The molecular formula is C74H134N2O23. The number of rotatable bonds is 63. The van der Waals surface area contributed by atoms with Crippen molar-refractivity contribution in [1.29, 1.82) is 0 Å². The van der Waals surface area contributed by atoms with Crippen LogP contribution < -0.4 is 5.32 Å². The van der Waals surface area contributed by atoms with Crippen LogP contribution in [0.3, 0.4) is 0 Å². The minimum absolute atomic E-state index is 0.0664. The lowest BCUT2D eigenvalue weighted by Gasteiger charge is -2.59. The first-order valence-corrected chi connectivity index (χ1v) is 37.7. The lowest BCUT2D eigenvalue weighted by atomic mass is 9.46. The average Bonchev–Trinajstić information content (AvgIpc) is 1.70. The van der Waals surface area contributed by atoms with Crippen molar-refractivity contribution in [2.75, 3.05) is 232 Å². The Morgan fingerprint density at radius 3 is 1.37 bits per heavy atom. The Hall–Kier alpha value is -2.42. The number of amides is 2. The zero-order valence-corrected chi connectivity index (χ0v) is 61.6. The number of fused-ring (bicyclic) bond motifs is 5. The van der Waals surface area contributed by atoms with Gasteiger partial charge in [-0.05, 0) is 123 Å². The fourth-order valence-electron chi connectivity index (χ4n) is 15.2. The van der Waals surface area contributed by atoms with Gasteiger partial charge >= 0.3 is 0 Å². The van der Waals surface area contributed by atoms with Crippen molar-refractivity contribution in [2.24, 2.45) is 46.3 Å². The molecule has 5 rings (SSSR count). The number of nitrogens with one attached hydrogen (secondary N) is 1. The minimum Gasteiger partial charge on any atom is -0.394 e. The van der Waals surface area contributed by atoms with E-state index in [4.69, 9.17) is 80.5 Å². The molecule has 5 aliphatic carbocycles. The number of methoxy groups -OCH3 is 1. The summed E-state index contributed by atoms with van der Waals surface area (Å²) in [7, 11) is 1.64. The Morgan fingerprint density at radius 1 is 0.535 bits per heavy atom. The van der Waals surface area contributed by atoms with Crippen molar-refractivity contribution >= 4 is 11.8 Å². The fraction of sp³-hybridized carbons (Fsp3) is 0.919. The highest BCUT2D eigenvalue weighted by Gasteiger charge is 2.60. The van der Waals surface area contributed by atoms with Crippen molar-refractivity contribution in [3.63, 3.8) is 0 Å². The van der Waals surface area contributed by atoms with Crippen molar-refractivity contribution in [2.45, 2.75) is 161 Å². The van der Waals surface area contributed by atoms with Gasteiger partial charge in [0.15, 0.2) is 6.10 Å². The molecule has 0 radical (unpaired) electrons. The van der Waals surface area contributed by atoms with Crippen LogP contribution in [0.4, 0.5) is 0 Å². The molecule has 0 bridgehead atoms. The summed E-state index contributed by atoms with van der Waals surface area (Å²) in [4.78, 5) is 30.8. The van der Waals surface area contributed by atoms with Gasteiger partial charge < -0.3 is 111 Å². The van der Waals surface area contributed by atoms with E-state index >= 15 is 0 Å². The molecule has 2 unspecified atom stereocenters. The van der Waals surface area contributed by atoms with Crippen LogP contribution in [0.25, 0.3) is 0 Å². The number of carbonyl (C=O) groups excluding carboxylic acids is 2. The van der Waals surface area contributed by atoms with Crippen molar-refractivity contribution in [1.82, 2.24) is 10.2 Å². The molecule has 99 heavy (non-hydrogen) atoms. The maximum absolute atomic E-state index is 14.8. The summed E-state index contributed by atoms with van der Waals surface area (Å²) in [6.07, 6.45) is 13.9. The molecule has 0 heterocycles. The van der Waals surface area contributed by atoms with Crippen molar-refractivity contribution in [3.05, 3.63) is 23.4 Å². The van der Waals surface area contributed by atoms with Crippen LogP contribution >= 0.6 is 0 Å². The van der Waals surface area contributed by atoms with Crippen LogP contribution in [0.5, 0.6) is 0 Å². The van der Waals surface area contributed by atoms with E-state index in [-0.39, 0.29) is 25.2 Å². The highest BCUT2D eigenvalue weighted by atomic mass is 16.6. The molecule has 0 spiro atoms. The lowest BCUT2D eigenvalue weighted by Crippen LogP contribution is -2.62. The van der Waals surface area contributed by atoms with Gasteiger partial charge in [-0.15, -0.1) is 0 Å². The van der Waals surface area contributed by atoms with E-state index in [9.17, 15) is 30.0 Å². The third kappa shape index (κ3) is 33.3. The summed E-state index contributed by atoms with van der Waals surface area (Å²) in [5.74, 6) is 2.70. The Labute approximate surface area is 593 Å². The van der Waals surface area contributed by atoms with E-state index in [1.54, 1.807) is 7.11 Å². The smallest absolute Gasteiger partial charge is 0.255 e. The van der Waals surface area contributed by atoms with Gasteiger partial charge in [-0.2, -0.15) is 0 Å². The van der Waals surface area contributed by atoms with Gasteiger partial charge in [0.05, 0.1) is 225 Å². The zero-order chi connectivity index (χ0) is 71.0. The van der Waals surface area contributed by atoms with E-state index < -0.39 is 48.8 Å². The molecule has 2 amide bonds. The molecule has 0 saturated heterocycles. The summed E-state index contributed by atoms with van der Waals surface area (Å²) in [6.45, 7) is 25.5. The van der Waals surface area contributed by atoms with E-state index in [0.717, 1.165) is 55.6 Å². The Bertz CT molecular complexity index is 2120. The minimum atomic E-state index is -2.09. The standard InChI is InChI=1S/C74H134N2O23/c1-58(2)11-10-12-59(3)64-17-18-65-63-16-15-60-55-62(19-21-73(60,4)66(63)20-22-74(64,65)5)76(72(82)70(80)69(79)68(78)56-77)67(71(81)75-61-13-8-7-9-14-61)57-99-54-53-98-52-51-97-50-49-96-48-47-95-46-45-94-44-43-93-42-41-92-40-39-91-38-37-90-36-35-89-34-33-88-32-31-87-30-29-86-28-27-85-26-25-84-24-23-83-6/h13,15,58-59,62-70,77-80H,7-12,14,16-57H2,1-6H3,(H,75,81)/t59-,62?,63+,64-,65+,66+,67?,68-,69-,70+,73+,74-/m1/s1. The van der Waals surface area contributed by atoms with Gasteiger partial charge in [0, 0.05) is 18.8 Å².